The molecule has 0 saturated carbocycles. The predicted molar refractivity (Wildman–Crippen MR) is 51.2 cm³/mol. The van der Waals surface area contributed by atoms with Gasteiger partial charge in [0.05, 0.1) is 6.42 Å². The summed E-state index contributed by atoms with van der Waals surface area (Å²) in [6.45, 7) is 7.08. The molecule has 0 saturated heterocycles. The van der Waals surface area contributed by atoms with E-state index in [4.69, 9.17) is 0 Å². The van der Waals surface area contributed by atoms with Crippen LogP contribution in [0, 0.1) is 0 Å². The largest absolute Gasteiger partial charge is 0.205 e. The first-order valence-electron chi connectivity index (χ1n) is 4.13. The quantitative estimate of drug-likeness (QED) is 0.664. The first-order valence-corrected chi connectivity index (χ1v) is 4.13. The van der Waals surface area contributed by atoms with Gasteiger partial charge in [-0.15, -0.1) is 20.1 Å². The summed E-state index contributed by atoms with van der Waals surface area (Å²) in [5.41, 5.74) is 0. The van der Waals surface area contributed by atoms with Crippen molar-refractivity contribution < 1.29 is 0 Å². The summed E-state index contributed by atoms with van der Waals surface area (Å²) in [6, 6.07) is 0. The SMILES string of the molecule is C=Cn1nnc(Cc2nnnn2C=C)n1. The molecule has 0 unspecified atom stereocenters. The molecule has 0 aliphatic carbocycles. The van der Waals surface area contributed by atoms with Crippen molar-refractivity contribution >= 4 is 12.4 Å². The Balaban J connectivity index is 2.21. The van der Waals surface area contributed by atoms with Crippen molar-refractivity contribution in [3.05, 3.63) is 24.8 Å². The first kappa shape index (κ1) is 9.19. The minimum atomic E-state index is 0.396. The molecule has 0 spiro atoms. The molecule has 0 N–H and O–H groups in total. The van der Waals surface area contributed by atoms with Gasteiger partial charge in [-0.2, -0.15) is 0 Å². The van der Waals surface area contributed by atoms with Crippen LogP contribution in [0.1, 0.15) is 11.6 Å². The van der Waals surface area contributed by atoms with Crippen molar-refractivity contribution in [1.82, 2.24) is 40.4 Å². The highest BCUT2D eigenvalue weighted by Gasteiger charge is 2.08. The summed E-state index contributed by atoms with van der Waals surface area (Å²) in [7, 11) is 0. The van der Waals surface area contributed by atoms with Gasteiger partial charge in [0.1, 0.15) is 0 Å². The molecule has 2 rings (SSSR count). The van der Waals surface area contributed by atoms with Crippen molar-refractivity contribution in [3.63, 3.8) is 0 Å². The minimum absolute atomic E-state index is 0.396. The Hall–Kier alpha value is -2.38. The fourth-order valence-electron chi connectivity index (χ4n) is 1.02. The zero-order valence-corrected chi connectivity index (χ0v) is 7.85. The molecule has 0 bridgehead atoms. The van der Waals surface area contributed by atoms with E-state index in [0.717, 1.165) is 0 Å². The second-order valence-electron chi connectivity index (χ2n) is 2.61. The van der Waals surface area contributed by atoms with E-state index < -0.39 is 0 Å². The maximum absolute atomic E-state index is 4.01. The molecule has 76 valence electrons. The standard InChI is InChI=1S/C7H8N8/c1-3-14-7(9-11-13-14)5-6-8-12-15(4-2)10-6/h3-4H,1-2,5H2. The summed E-state index contributed by atoms with van der Waals surface area (Å²) in [5, 5.41) is 22.5. The zero-order chi connectivity index (χ0) is 10.7. The summed E-state index contributed by atoms with van der Waals surface area (Å²) < 4.78 is 1.45. The molecule has 8 nitrogen and oxygen atoms in total. The predicted octanol–water partition coefficient (Wildman–Crippen LogP) is -0.549. The van der Waals surface area contributed by atoms with Crippen LogP contribution >= 0.6 is 0 Å². The fraction of sp³-hybridized carbons (Fsp3) is 0.143. The Morgan fingerprint density at radius 2 is 2.00 bits per heavy atom. The van der Waals surface area contributed by atoms with Crippen molar-refractivity contribution in [2.24, 2.45) is 0 Å². The normalized spacial score (nSPS) is 10.1. The summed E-state index contributed by atoms with van der Waals surface area (Å²) in [5.74, 6) is 1.13. The molecule has 0 radical (unpaired) electrons. The molecule has 0 fully saturated rings. The molecule has 15 heavy (non-hydrogen) atoms. The second kappa shape index (κ2) is 3.78. The third-order valence-corrected chi connectivity index (χ3v) is 1.68. The van der Waals surface area contributed by atoms with Crippen LogP contribution < -0.4 is 0 Å². The van der Waals surface area contributed by atoms with Crippen LogP contribution in [0.2, 0.25) is 0 Å². The maximum atomic E-state index is 4.01. The van der Waals surface area contributed by atoms with Crippen molar-refractivity contribution in [2.75, 3.05) is 0 Å². The molecular formula is C7H8N8. The lowest BCUT2D eigenvalue weighted by Gasteiger charge is -1.92. The highest BCUT2D eigenvalue weighted by Crippen LogP contribution is 1.99. The van der Waals surface area contributed by atoms with Crippen LogP contribution in [0.4, 0.5) is 0 Å². The van der Waals surface area contributed by atoms with E-state index in [-0.39, 0.29) is 0 Å². The lowest BCUT2D eigenvalue weighted by Crippen LogP contribution is -2.01. The van der Waals surface area contributed by atoms with Gasteiger partial charge in [-0.25, -0.2) is 4.68 Å². The van der Waals surface area contributed by atoms with Gasteiger partial charge in [-0.3, -0.25) is 0 Å². The van der Waals surface area contributed by atoms with Crippen molar-refractivity contribution in [3.8, 4) is 0 Å². The minimum Gasteiger partial charge on any atom is -0.205 e. The fourth-order valence-corrected chi connectivity index (χ4v) is 1.02. The highest BCUT2D eigenvalue weighted by atomic mass is 15.6. The van der Waals surface area contributed by atoms with Gasteiger partial charge >= 0.3 is 0 Å². The van der Waals surface area contributed by atoms with E-state index >= 15 is 0 Å². The van der Waals surface area contributed by atoms with E-state index in [0.29, 0.717) is 18.1 Å². The molecule has 0 aliphatic rings. The molecule has 0 atom stereocenters. The van der Waals surface area contributed by atoms with E-state index in [9.17, 15) is 0 Å². The molecular weight excluding hydrogens is 196 g/mol. The third kappa shape index (κ3) is 1.77. The Morgan fingerprint density at radius 3 is 2.67 bits per heavy atom. The zero-order valence-electron chi connectivity index (χ0n) is 7.85. The van der Waals surface area contributed by atoms with Gasteiger partial charge in [0.25, 0.3) is 0 Å². The van der Waals surface area contributed by atoms with Gasteiger partial charge < -0.3 is 0 Å². The Kier molecular flexibility index (Phi) is 2.31. The van der Waals surface area contributed by atoms with Crippen LogP contribution in [0.25, 0.3) is 12.4 Å². The molecule has 0 aromatic carbocycles. The molecule has 8 heteroatoms. The van der Waals surface area contributed by atoms with Crippen LogP contribution in [-0.2, 0) is 6.42 Å². The Bertz CT molecular complexity index is 481. The van der Waals surface area contributed by atoms with E-state index in [2.05, 4.69) is 44.1 Å². The summed E-state index contributed by atoms with van der Waals surface area (Å²) in [6.07, 6.45) is 3.35. The monoisotopic (exact) mass is 204 g/mol. The van der Waals surface area contributed by atoms with E-state index in [1.54, 1.807) is 0 Å². The number of tetrazole rings is 2. The van der Waals surface area contributed by atoms with Gasteiger partial charge in [-0.05, 0) is 15.6 Å². The summed E-state index contributed by atoms with van der Waals surface area (Å²) in [4.78, 5) is 1.28. The Morgan fingerprint density at radius 1 is 1.13 bits per heavy atom. The third-order valence-electron chi connectivity index (χ3n) is 1.68. The van der Waals surface area contributed by atoms with Gasteiger partial charge in [0.15, 0.2) is 11.6 Å². The van der Waals surface area contributed by atoms with Crippen LogP contribution in [0.5, 0.6) is 0 Å². The molecule has 2 heterocycles. The Labute approximate surface area is 84.9 Å². The van der Waals surface area contributed by atoms with Gasteiger partial charge in [-0.1, -0.05) is 13.2 Å². The molecule has 2 aromatic rings. The second-order valence-corrected chi connectivity index (χ2v) is 2.61. The van der Waals surface area contributed by atoms with Crippen LogP contribution in [0.15, 0.2) is 13.2 Å². The molecule has 2 aromatic heterocycles. The first-order chi connectivity index (χ1) is 7.33. The van der Waals surface area contributed by atoms with Crippen LogP contribution in [0.3, 0.4) is 0 Å². The lowest BCUT2D eigenvalue weighted by molar-refractivity contribution is 0.757. The van der Waals surface area contributed by atoms with Crippen molar-refractivity contribution in [2.45, 2.75) is 6.42 Å². The summed E-state index contributed by atoms with van der Waals surface area (Å²) >= 11 is 0. The smallest absolute Gasteiger partial charge is 0.182 e. The molecule has 0 aliphatic heterocycles. The molecule has 0 amide bonds. The number of aromatic nitrogens is 8. The lowest BCUT2D eigenvalue weighted by atomic mass is 10.4. The van der Waals surface area contributed by atoms with Crippen LogP contribution in [-0.4, -0.2) is 40.4 Å². The average molecular weight is 204 g/mol. The highest BCUT2D eigenvalue weighted by molar-refractivity contribution is 5.16. The van der Waals surface area contributed by atoms with Gasteiger partial charge in [0.2, 0.25) is 0 Å². The van der Waals surface area contributed by atoms with Crippen molar-refractivity contribution in [1.29, 1.82) is 0 Å². The van der Waals surface area contributed by atoms with Gasteiger partial charge in [0, 0.05) is 12.4 Å². The topological polar surface area (TPSA) is 87.2 Å². The number of hydrogen-bond acceptors (Lipinski definition) is 6. The van der Waals surface area contributed by atoms with E-state index in [1.165, 1.54) is 21.9 Å². The number of rotatable bonds is 4. The average Bonchev–Trinajstić information content (AvgIpc) is 2.87. The maximum Gasteiger partial charge on any atom is 0.182 e. The number of hydrogen-bond donors (Lipinski definition) is 0. The van der Waals surface area contributed by atoms with E-state index in [1.807, 2.05) is 0 Å². The number of nitrogens with zero attached hydrogens (tertiary/aromatic N) is 8.